The lowest BCUT2D eigenvalue weighted by Crippen LogP contribution is -1.99. The number of rotatable bonds is 3. The summed E-state index contributed by atoms with van der Waals surface area (Å²) >= 11 is 0. The minimum Gasteiger partial charge on any atom is -0.326 e. The molecule has 1 nitrogen and oxygen atoms in total. The van der Waals surface area contributed by atoms with Crippen LogP contribution in [0.2, 0.25) is 0 Å². The first-order valence-corrected chi connectivity index (χ1v) is 5.19. The Morgan fingerprint density at radius 2 is 1.78 bits per heavy atom. The number of hydrogen-bond acceptors (Lipinski definition) is 1. The summed E-state index contributed by atoms with van der Waals surface area (Å²) in [6, 6.07) is 0. The van der Waals surface area contributed by atoms with Crippen LogP contribution in [-0.4, -0.2) is 11.3 Å². The van der Waals surface area contributed by atoms with Crippen LogP contribution in [-0.2, 0) is 4.57 Å². The van der Waals surface area contributed by atoms with Crippen molar-refractivity contribution in [2.24, 2.45) is 0 Å². The maximum Gasteiger partial charge on any atom is 0.0812 e. The zero-order valence-corrected chi connectivity index (χ0v) is 7.77. The SMILES string of the molecule is CCC(C)[PH](=O)C(C)C. The van der Waals surface area contributed by atoms with E-state index in [9.17, 15) is 4.57 Å². The van der Waals surface area contributed by atoms with E-state index < -0.39 is 7.80 Å². The first-order valence-electron chi connectivity index (χ1n) is 3.63. The fraction of sp³-hybridized carbons (Fsp3) is 1.00. The highest BCUT2D eigenvalue weighted by Gasteiger charge is 2.11. The van der Waals surface area contributed by atoms with Gasteiger partial charge in [-0.2, -0.15) is 0 Å². The third kappa shape index (κ3) is 3.05. The van der Waals surface area contributed by atoms with E-state index in [0.29, 0.717) is 11.3 Å². The highest BCUT2D eigenvalue weighted by Crippen LogP contribution is 2.34. The van der Waals surface area contributed by atoms with Gasteiger partial charge in [0.05, 0.1) is 7.80 Å². The van der Waals surface area contributed by atoms with Gasteiger partial charge in [0.2, 0.25) is 0 Å². The first-order chi connectivity index (χ1) is 4.09. The van der Waals surface area contributed by atoms with Gasteiger partial charge in [-0.15, -0.1) is 0 Å². The first kappa shape index (κ1) is 9.23. The zero-order valence-electron chi connectivity index (χ0n) is 6.77. The van der Waals surface area contributed by atoms with Gasteiger partial charge in [0.1, 0.15) is 0 Å². The molecule has 0 bridgehead atoms. The lowest BCUT2D eigenvalue weighted by atomic mass is 10.4. The highest BCUT2D eigenvalue weighted by molar-refractivity contribution is 7.46. The lowest BCUT2D eigenvalue weighted by molar-refractivity contribution is 0.573. The van der Waals surface area contributed by atoms with Gasteiger partial charge in [-0.05, 0) is 6.42 Å². The fourth-order valence-electron chi connectivity index (χ4n) is 0.770. The van der Waals surface area contributed by atoms with Gasteiger partial charge in [-0.25, -0.2) is 0 Å². The Balaban J connectivity index is 3.73. The molecule has 0 saturated carbocycles. The van der Waals surface area contributed by atoms with Crippen LogP contribution in [0.1, 0.15) is 34.1 Å². The molecule has 0 radical (unpaired) electrons. The van der Waals surface area contributed by atoms with Crippen molar-refractivity contribution in [3.63, 3.8) is 0 Å². The van der Waals surface area contributed by atoms with E-state index in [1.165, 1.54) is 0 Å². The minimum atomic E-state index is -1.29. The molecule has 2 heteroatoms. The molecular weight excluding hydrogens is 131 g/mol. The van der Waals surface area contributed by atoms with Crippen LogP contribution in [0.25, 0.3) is 0 Å². The molecule has 0 fully saturated rings. The van der Waals surface area contributed by atoms with Crippen molar-refractivity contribution < 1.29 is 4.57 Å². The van der Waals surface area contributed by atoms with Crippen molar-refractivity contribution in [2.75, 3.05) is 0 Å². The second-order valence-corrected chi connectivity index (χ2v) is 5.81. The summed E-state index contributed by atoms with van der Waals surface area (Å²) in [5.74, 6) is 0. The second-order valence-electron chi connectivity index (χ2n) is 2.87. The van der Waals surface area contributed by atoms with E-state index in [1.807, 2.05) is 13.8 Å². The molecule has 0 spiro atoms. The van der Waals surface area contributed by atoms with E-state index in [4.69, 9.17) is 0 Å². The van der Waals surface area contributed by atoms with Gasteiger partial charge in [-0.3, -0.25) is 0 Å². The van der Waals surface area contributed by atoms with E-state index in [0.717, 1.165) is 6.42 Å². The van der Waals surface area contributed by atoms with Gasteiger partial charge in [0.25, 0.3) is 0 Å². The molecule has 0 aromatic heterocycles. The van der Waals surface area contributed by atoms with Crippen molar-refractivity contribution >= 4 is 7.80 Å². The topological polar surface area (TPSA) is 17.1 Å². The molecule has 0 aliphatic rings. The monoisotopic (exact) mass is 148 g/mol. The maximum absolute atomic E-state index is 11.3. The number of hydrogen-bond donors (Lipinski definition) is 0. The normalized spacial score (nSPS) is 17.9. The Bertz CT molecular complexity index is 99.1. The predicted molar refractivity (Wildman–Crippen MR) is 43.9 cm³/mol. The Labute approximate surface area is 58.6 Å². The summed E-state index contributed by atoms with van der Waals surface area (Å²) in [6.07, 6.45) is 1.05. The standard InChI is InChI=1S/C7H17OP/c1-5-7(4)9(8)6(2)3/h6-7,9H,5H2,1-4H3. The van der Waals surface area contributed by atoms with Crippen molar-refractivity contribution in [3.8, 4) is 0 Å². The average molecular weight is 148 g/mol. The van der Waals surface area contributed by atoms with Crippen molar-refractivity contribution in [3.05, 3.63) is 0 Å². The van der Waals surface area contributed by atoms with E-state index >= 15 is 0 Å². The van der Waals surface area contributed by atoms with Gasteiger partial charge in [0.15, 0.2) is 0 Å². The van der Waals surface area contributed by atoms with Gasteiger partial charge < -0.3 is 4.57 Å². The summed E-state index contributed by atoms with van der Waals surface area (Å²) in [4.78, 5) is 0. The molecule has 0 aromatic carbocycles. The van der Waals surface area contributed by atoms with Crippen LogP contribution in [0.5, 0.6) is 0 Å². The van der Waals surface area contributed by atoms with Gasteiger partial charge >= 0.3 is 0 Å². The van der Waals surface area contributed by atoms with Crippen LogP contribution < -0.4 is 0 Å². The Morgan fingerprint density at radius 3 is 1.89 bits per heavy atom. The van der Waals surface area contributed by atoms with E-state index in [-0.39, 0.29) is 0 Å². The third-order valence-electron chi connectivity index (χ3n) is 1.67. The van der Waals surface area contributed by atoms with Crippen LogP contribution in [0.15, 0.2) is 0 Å². The molecule has 0 aliphatic heterocycles. The molecule has 0 aromatic rings. The summed E-state index contributed by atoms with van der Waals surface area (Å²) < 4.78 is 11.3. The molecule has 56 valence electrons. The van der Waals surface area contributed by atoms with Crippen molar-refractivity contribution in [2.45, 2.75) is 45.4 Å². The molecular formula is C7H17OP. The Hall–Kier alpha value is 0.230. The molecule has 0 N–H and O–H groups in total. The minimum absolute atomic E-state index is 0.393. The smallest absolute Gasteiger partial charge is 0.0812 e. The lowest BCUT2D eigenvalue weighted by Gasteiger charge is -2.10. The summed E-state index contributed by atoms with van der Waals surface area (Å²) in [5, 5.41) is 0. The summed E-state index contributed by atoms with van der Waals surface area (Å²) in [7, 11) is -1.29. The van der Waals surface area contributed by atoms with Crippen molar-refractivity contribution in [1.29, 1.82) is 0 Å². The van der Waals surface area contributed by atoms with Crippen LogP contribution in [0.4, 0.5) is 0 Å². The molecule has 2 atom stereocenters. The fourth-order valence-corrected chi connectivity index (χ4v) is 2.31. The molecule has 9 heavy (non-hydrogen) atoms. The molecule has 0 aliphatic carbocycles. The second kappa shape index (κ2) is 4.11. The van der Waals surface area contributed by atoms with E-state index in [1.54, 1.807) is 0 Å². The van der Waals surface area contributed by atoms with Gasteiger partial charge in [0, 0.05) is 11.3 Å². The highest BCUT2D eigenvalue weighted by atomic mass is 31.1. The van der Waals surface area contributed by atoms with Gasteiger partial charge in [-0.1, -0.05) is 27.7 Å². The summed E-state index contributed by atoms with van der Waals surface area (Å²) in [6.45, 7) is 8.23. The third-order valence-corrected chi connectivity index (χ3v) is 4.18. The average Bonchev–Trinajstić information content (AvgIpc) is 1.84. The molecule has 0 rings (SSSR count). The molecule has 2 unspecified atom stereocenters. The maximum atomic E-state index is 11.3. The van der Waals surface area contributed by atoms with Crippen LogP contribution in [0, 0.1) is 0 Å². The quantitative estimate of drug-likeness (QED) is 0.562. The molecule has 0 amide bonds. The predicted octanol–water partition coefficient (Wildman–Crippen LogP) is 2.75. The Morgan fingerprint density at radius 1 is 1.33 bits per heavy atom. The van der Waals surface area contributed by atoms with E-state index in [2.05, 4.69) is 13.8 Å². The van der Waals surface area contributed by atoms with Crippen molar-refractivity contribution in [1.82, 2.24) is 0 Å². The van der Waals surface area contributed by atoms with Crippen LogP contribution in [0.3, 0.4) is 0 Å². The summed E-state index contributed by atoms with van der Waals surface area (Å²) in [5.41, 5.74) is 0.833. The molecule has 0 heterocycles. The zero-order chi connectivity index (χ0) is 7.44. The Kier molecular flexibility index (Phi) is 4.22. The largest absolute Gasteiger partial charge is 0.326 e. The van der Waals surface area contributed by atoms with Crippen LogP contribution >= 0.6 is 7.80 Å². The molecule has 0 saturated heterocycles.